The van der Waals surface area contributed by atoms with Crippen LogP contribution < -0.4 is 0 Å². The minimum absolute atomic E-state index is 0.795. The van der Waals surface area contributed by atoms with Crippen molar-refractivity contribution < 1.29 is 8.83 Å². The normalized spacial score (nSPS) is 11.8. The third-order valence-electron chi connectivity index (χ3n) is 8.54. The Balaban J connectivity index is 1.33. The minimum Gasteiger partial charge on any atom is -0.460 e. The fourth-order valence-electron chi connectivity index (χ4n) is 6.65. The largest absolute Gasteiger partial charge is 0.460 e. The van der Waals surface area contributed by atoms with E-state index < -0.39 is 0 Å². The summed E-state index contributed by atoms with van der Waals surface area (Å²) in [5.41, 5.74) is 9.77. The molecule has 2 nitrogen and oxygen atoms in total. The number of rotatable bonds is 3. The average molecular weight is 537 g/mol. The molecule has 9 aromatic rings. The van der Waals surface area contributed by atoms with Crippen LogP contribution in [0.25, 0.3) is 87.8 Å². The van der Waals surface area contributed by atoms with Crippen molar-refractivity contribution >= 4 is 54.5 Å². The first kappa shape index (κ1) is 23.1. The maximum atomic E-state index is 6.32. The van der Waals surface area contributed by atoms with Crippen LogP contribution in [-0.4, -0.2) is 0 Å². The van der Waals surface area contributed by atoms with Gasteiger partial charge in [0, 0.05) is 16.2 Å². The molecule has 0 unspecified atom stereocenters. The van der Waals surface area contributed by atoms with Crippen molar-refractivity contribution in [3.63, 3.8) is 0 Å². The standard InChI is InChI=1S/C40H24O2/c1-2-9-25(10-3-1)27-11-8-12-28(23-27)37-30-13-4-6-15-32(30)38(33-16-7-5-14-31(33)37)29-18-20-36-35(24-29)34-19-17-26-21-22-41-39(26)40(34)42-36/h1-24H. The van der Waals surface area contributed by atoms with Crippen LogP contribution in [0.3, 0.4) is 0 Å². The minimum atomic E-state index is 0.795. The zero-order valence-corrected chi connectivity index (χ0v) is 22.7. The number of furan rings is 2. The summed E-state index contributed by atoms with van der Waals surface area (Å²) >= 11 is 0. The lowest BCUT2D eigenvalue weighted by atomic mass is 9.85. The molecule has 0 radical (unpaired) electrons. The summed E-state index contributed by atoms with van der Waals surface area (Å²) in [5, 5.41) is 8.15. The fourth-order valence-corrected chi connectivity index (χ4v) is 6.65. The van der Waals surface area contributed by atoms with Gasteiger partial charge >= 0.3 is 0 Å². The lowest BCUT2D eigenvalue weighted by molar-refractivity contribution is 0.600. The maximum Gasteiger partial charge on any atom is 0.178 e. The van der Waals surface area contributed by atoms with Crippen molar-refractivity contribution in [3.05, 3.63) is 146 Å². The molecule has 196 valence electrons. The molecular weight excluding hydrogens is 512 g/mol. The van der Waals surface area contributed by atoms with E-state index in [-0.39, 0.29) is 0 Å². The lowest BCUT2D eigenvalue weighted by Gasteiger charge is -2.18. The predicted octanol–water partition coefficient (Wildman–Crippen LogP) is 11.6. The van der Waals surface area contributed by atoms with Gasteiger partial charge in [-0.1, -0.05) is 109 Å². The van der Waals surface area contributed by atoms with Gasteiger partial charge in [0.15, 0.2) is 11.2 Å². The number of fused-ring (bicyclic) bond motifs is 7. The lowest BCUT2D eigenvalue weighted by Crippen LogP contribution is -1.91. The second-order valence-corrected chi connectivity index (χ2v) is 10.9. The zero-order valence-electron chi connectivity index (χ0n) is 22.7. The summed E-state index contributed by atoms with van der Waals surface area (Å²) in [4.78, 5) is 0. The summed E-state index contributed by atoms with van der Waals surface area (Å²) < 4.78 is 12.1. The van der Waals surface area contributed by atoms with Crippen LogP contribution in [0.15, 0.2) is 155 Å². The molecule has 0 atom stereocenters. The van der Waals surface area contributed by atoms with Crippen LogP contribution in [0.5, 0.6) is 0 Å². The fraction of sp³-hybridized carbons (Fsp3) is 0. The van der Waals surface area contributed by atoms with Gasteiger partial charge in [0.05, 0.1) is 6.26 Å². The molecule has 0 N–H and O–H groups in total. The highest BCUT2D eigenvalue weighted by Crippen LogP contribution is 2.45. The third kappa shape index (κ3) is 3.39. The van der Waals surface area contributed by atoms with Crippen molar-refractivity contribution in [2.75, 3.05) is 0 Å². The van der Waals surface area contributed by atoms with Gasteiger partial charge in [-0.05, 0) is 85.3 Å². The highest BCUT2D eigenvalue weighted by molar-refractivity contribution is 6.22. The summed E-state index contributed by atoms with van der Waals surface area (Å²) in [7, 11) is 0. The predicted molar refractivity (Wildman–Crippen MR) is 175 cm³/mol. The molecule has 2 heterocycles. The van der Waals surface area contributed by atoms with Gasteiger partial charge < -0.3 is 8.83 Å². The van der Waals surface area contributed by atoms with Crippen LogP contribution in [0, 0.1) is 0 Å². The Kier molecular flexibility index (Phi) is 4.93. The number of hydrogen-bond acceptors (Lipinski definition) is 2. The van der Waals surface area contributed by atoms with E-state index in [1.807, 2.05) is 6.07 Å². The second-order valence-electron chi connectivity index (χ2n) is 10.9. The van der Waals surface area contributed by atoms with Gasteiger partial charge in [0.25, 0.3) is 0 Å². The van der Waals surface area contributed by atoms with Crippen molar-refractivity contribution in [1.29, 1.82) is 0 Å². The highest BCUT2D eigenvalue weighted by atomic mass is 16.4. The van der Waals surface area contributed by atoms with E-state index >= 15 is 0 Å². The van der Waals surface area contributed by atoms with E-state index in [0.717, 1.165) is 32.9 Å². The Morgan fingerprint density at radius 1 is 0.357 bits per heavy atom. The molecule has 9 rings (SSSR count). The van der Waals surface area contributed by atoms with Crippen LogP contribution in [-0.2, 0) is 0 Å². The van der Waals surface area contributed by atoms with Crippen LogP contribution in [0.2, 0.25) is 0 Å². The van der Waals surface area contributed by atoms with E-state index in [1.54, 1.807) is 6.26 Å². The average Bonchev–Trinajstić information content (AvgIpc) is 3.68. The second kappa shape index (κ2) is 8.95. The monoisotopic (exact) mass is 536 g/mol. The summed E-state index contributed by atoms with van der Waals surface area (Å²) in [5.74, 6) is 0. The van der Waals surface area contributed by atoms with E-state index in [0.29, 0.717) is 0 Å². The first-order valence-corrected chi connectivity index (χ1v) is 14.3. The summed E-state index contributed by atoms with van der Waals surface area (Å²) in [6, 6.07) is 49.9. The van der Waals surface area contributed by atoms with Crippen LogP contribution >= 0.6 is 0 Å². The first-order valence-electron chi connectivity index (χ1n) is 14.3. The highest BCUT2D eigenvalue weighted by Gasteiger charge is 2.19. The van der Waals surface area contributed by atoms with Crippen molar-refractivity contribution in [3.8, 4) is 33.4 Å². The molecule has 0 aliphatic heterocycles. The summed E-state index contributed by atoms with van der Waals surface area (Å²) in [6.07, 6.45) is 1.72. The van der Waals surface area contributed by atoms with Crippen LogP contribution in [0.1, 0.15) is 0 Å². The molecule has 0 fully saturated rings. The van der Waals surface area contributed by atoms with Gasteiger partial charge in [-0.25, -0.2) is 0 Å². The first-order chi connectivity index (χ1) is 20.8. The van der Waals surface area contributed by atoms with E-state index in [9.17, 15) is 0 Å². The molecule has 2 heteroatoms. The molecule has 0 aliphatic carbocycles. The van der Waals surface area contributed by atoms with Gasteiger partial charge in [-0.15, -0.1) is 0 Å². The van der Waals surface area contributed by atoms with E-state index in [4.69, 9.17) is 8.83 Å². The number of benzene rings is 7. The Bertz CT molecular complexity index is 2400. The Hall–Kier alpha value is -5.60. The van der Waals surface area contributed by atoms with Crippen molar-refractivity contribution in [2.24, 2.45) is 0 Å². The molecular formula is C40H24O2. The molecule has 0 amide bonds. The topological polar surface area (TPSA) is 26.3 Å². The van der Waals surface area contributed by atoms with Gasteiger partial charge in [0.2, 0.25) is 0 Å². The van der Waals surface area contributed by atoms with Gasteiger partial charge in [-0.2, -0.15) is 0 Å². The smallest absolute Gasteiger partial charge is 0.178 e. The van der Waals surface area contributed by atoms with E-state index in [2.05, 4.69) is 133 Å². The number of hydrogen-bond donors (Lipinski definition) is 0. The Labute approximate surface area is 242 Å². The van der Waals surface area contributed by atoms with Gasteiger partial charge in [-0.3, -0.25) is 0 Å². The SMILES string of the molecule is c1ccc(-c2cccc(-c3c4ccccc4c(-c4ccc5oc6c(ccc7ccoc76)c5c4)c4ccccc34)c2)cc1. The molecule has 0 saturated carbocycles. The molecule has 42 heavy (non-hydrogen) atoms. The quantitative estimate of drug-likeness (QED) is 0.210. The molecule has 0 saturated heterocycles. The van der Waals surface area contributed by atoms with Crippen molar-refractivity contribution in [2.45, 2.75) is 0 Å². The molecule has 2 aromatic heterocycles. The Morgan fingerprint density at radius 2 is 0.976 bits per heavy atom. The van der Waals surface area contributed by atoms with Gasteiger partial charge in [0.1, 0.15) is 5.58 Å². The molecule has 0 spiro atoms. The molecule has 7 aromatic carbocycles. The summed E-state index contributed by atoms with van der Waals surface area (Å²) in [6.45, 7) is 0. The van der Waals surface area contributed by atoms with Crippen molar-refractivity contribution in [1.82, 2.24) is 0 Å². The molecule has 0 aliphatic rings. The van der Waals surface area contributed by atoms with Crippen LogP contribution in [0.4, 0.5) is 0 Å². The Morgan fingerprint density at radius 3 is 1.69 bits per heavy atom. The maximum absolute atomic E-state index is 6.32. The molecule has 0 bridgehead atoms. The zero-order chi connectivity index (χ0) is 27.6. The third-order valence-corrected chi connectivity index (χ3v) is 8.54. The van der Waals surface area contributed by atoms with E-state index in [1.165, 1.54) is 54.9 Å².